The van der Waals surface area contributed by atoms with Crippen LogP contribution in [0, 0.1) is 0 Å². The molecule has 0 saturated carbocycles. The summed E-state index contributed by atoms with van der Waals surface area (Å²) >= 11 is 7.53. The second-order valence-electron chi connectivity index (χ2n) is 4.24. The minimum absolute atomic E-state index is 0.268. The molecule has 0 spiro atoms. The van der Waals surface area contributed by atoms with E-state index in [9.17, 15) is 4.21 Å². The van der Waals surface area contributed by atoms with Crippen molar-refractivity contribution in [2.24, 2.45) is 0 Å². The summed E-state index contributed by atoms with van der Waals surface area (Å²) in [6, 6.07) is 5.96. The molecule has 1 aromatic heterocycles. The molecule has 6 heteroatoms. The highest BCUT2D eigenvalue weighted by Crippen LogP contribution is 2.28. The van der Waals surface area contributed by atoms with E-state index in [4.69, 9.17) is 11.6 Å². The molecule has 2 aromatic rings. The van der Waals surface area contributed by atoms with Crippen molar-refractivity contribution in [1.29, 1.82) is 0 Å². The van der Waals surface area contributed by atoms with Crippen LogP contribution in [0.1, 0.15) is 13.3 Å². The summed E-state index contributed by atoms with van der Waals surface area (Å²) in [4.78, 5) is 4.49. The van der Waals surface area contributed by atoms with Crippen molar-refractivity contribution in [3.8, 4) is 0 Å². The highest BCUT2D eigenvalue weighted by Gasteiger charge is 2.08. The van der Waals surface area contributed by atoms with Crippen LogP contribution in [-0.2, 0) is 10.8 Å². The standard InChI is InChI=1S/C12H15ClN2OS2/c1-8(5-6-18(2)16)14-12-15-10-4-3-9(13)7-11(10)17-12/h3-4,7-8H,5-6H2,1-2H3,(H,14,15). The quantitative estimate of drug-likeness (QED) is 0.919. The molecule has 1 N–H and O–H groups in total. The fourth-order valence-corrected chi connectivity index (χ4v) is 3.52. The Morgan fingerprint density at radius 3 is 3.06 bits per heavy atom. The topological polar surface area (TPSA) is 42.0 Å². The van der Waals surface area contributed by atoms with Gasteiger partial charge in [0.2, 0.25) is 0 Å². The monoisotopic (exact) mass is 302 g/mol. The summed E-state index contributed by atoms with van der Waals surface area (Å²) in [5, 5.41) is 4.96. The Labute approximate surface area is 118 Å². The molecule has 2 unspecified atom stereocenters. The first kappa shape index (κ1) is 13.8. The summed E-state index contributed by atoms with van der Waals surface area (Å²) in [7, 11) is -0.736. The normalized spacial score (nSPS) is 14.6. The van der Waals surface area contributed by atoms with Crippen LogP contribution in [0.3, 0.4) is 0 Å². The number of benzene rings is 1. The number of hydrogen-bond acceptors (Lipinski definition) is 4. The number of halogens is 1. The molecule has 0 amide bonds. The van der Waals surface area contributed by atoms with Crippen molar-refractivity contribution in [1.82, 2.24) is 4.98 Å². The van der Waals surface area contributed by atoms with Gasteiger partial charge in [0, 0.05) is 33.9 Å². The third kappa shape index (κ3) is 3.67. The summed E-state index contributed by atoms with van der Waals surface area (Å²) in [6.45, 7) is 2.08. The van der Waals surface area contributed by atoms with Gasteiger partial charge in [-0.2, -0.15) is 0 Å². The number of aromatic nitrogens is 1. The molecule has 0 aliphatic carbocycles. The van der Waals surface area contributed by atoms with Crippen LogP contribution in [0.2, 0.25) is 5.02 Å². The van der Waals surface area contributed by atoms with Crippen LogP contribution in [0.15, 0.2) is 18.2 Å². The Bertz CT molecular complexity index is 570. The number of anilines is 1. The van der Waals surface area contributed by atoms with Crippen molar-refractivity contribution >= 4 is 49.1 Å². The molecule has 2 atom stereocenters. The van der Waals surface area contributed by atoms with Gasteiger partial charge < -0.3 is 5.32 Å². The second-order valence-corrected chi connectivity index (χ2v) is 7.26. The zero-order valence-electron chi connectivity index (χ0n) is 10.3. The van der Waals surface area contributed by atoms with E-state index in [2.05, 4.69) is 17.2 Å². The van der Waals surface area contributed by atoms with Gasteiger partial charge in [-0.1, -0.05) is 22.9 Å². The largest absolute Gasteiger partial charge is 0.359 e. The van der Waals surface area contributed by atoms with Gasteiger partial charge in [-0.3, -0.25) is 4.21 Å². The Morgan fingerprint density at radius 2 is 2.33 bits per heavy atom. The van der Waals surface area contributed by atoms with E-state index < -0.39 is 10.8 Å². The van der Waals surface area contributed by atoms with Crippen molar-refractivity contribution in [2.75, 3.05) is 17.3 Å². The molecule has 3 nitrogen and oxygen atoms in total. The Kier molecular flexibility index (Phi) is 4.59. The Hall–Kier alpha value is -0.650. The minimum atomic E-state index is -0.736. The van der Waals surface area contributed by atoms with Gasteiger partial charge >= 0.3 is 0 Å². The van der Waals surface area contributed by atoms with Gasteiger partial charge in [-0.05, 0) is 31.5 Å². The predicted octanol–water partition coefficient (Wildman–Crippen LogP) is 3.52. The fraction of sp³-hybridized carbons (Fsp3) is 0.417. The molecule has 0 bridgehead atoms. The lowest BCUT2D eigenvalue weighted by atomic mass is 10.3. The van der Waals surface area contributed by atoms with E-state index in [1.807, 2.05) is 18.2 Å². The average molecular weight is 303 g/mol. The van der Waals surface area contributed by atoms with Gasteiger partial charge in [0.15, 0.2) is 5.13 Å². The lowest BCUT2D eigenvalue weighted by Crippen LogP contribution is -2.17. The maximum absolute atomic E-state index is 11.0. The predicted molar refractivity (Wildman–Crippen MR) is 81.3 cm³/mol. The number of rotatable bonds is 5. The van der Waals surface area contributed by atoms with Crippen molar-refractivity contribution < 1.29 is 4.21 Å². The molecule has 0 aliphatic heterocycles. The zero-order chi connectivity index (χ0) is 13.1. The molecule has 98 valence electrons. The highest BCUT2D eigenvalue weighted by molar-refractivity contribution is 7.84. The van der Waals surface area contributed by atoms with Crippen LogP contribution in [0.4, 0.5) is 5.13 Å². The number of fused-ring (bicyclic) bond motifs is 1. The van der Waals surface area contributed by atoms with E-state index in [-0.39, 0.29) is 6.04 Å². The maximum Gasteiger partial charge on any atom is 0.184 e. The minimum Gasteiger partial charge on any atom is -0.359 e. The fourth-order valence-electron chi connectivity index (χ4n) is 1.59. The zero-order valence-corrected chi connectivity index (χ0v) is 12.7. The molecule has 0 saturated heterocycles. The van der Waals surface area contributed by atoms with Crippen LogP contribution in [-0.4, -0.2) is 27.2 Å². The molecule has 0 radical (unpaired) electrons. The van der Waals surface area contributed by atoms with Gasteiger partial charge in [0.25, 0.3) is 0 Å². The first-order valence-electron chi connectivity index (χ1n) is 5.67. The third-order valence-electron chi connectivity index (χ3n) is 2.56. The average Bonchev–Trinajstić information content (AvgIpc) is 2.67. The molecular formula is C12H15ClN2OS2. The van der Waals surface area contributed by atoms with E-state index in [0.717, 1.165) is 26.8 Å². The second kappa shape index (κ2) is 5.99. The SMILES string of the molecule is CC(CCS(C)=O)Nc1nc2ccc(Cl)cc2s1. The van der Waals surface area contributed by atoms with E-state index in [1.165, 1.54) is 0 Å². The Morgan fingerprint density at radius 1 is 1.56 bits per heavy atom. The summed E-state index contributed by atoms with van der Waals surface area (Å²) in [6.07, 6.45) is 2.60. The lowest BCUT2D eigenvalue weighted by Gasteiger charge is -2.11. The van der Waals surface area contributed by atoms with Crippen LogP contribution < -0.4 is 5.32 Å². The van der Waals surface area contributed by atoms with Crippen molar-refractivity contribution in [3.63, 3.8) is 0 Å². The number of nitrogens with zero attached hydrogens (tertiary/aromatic N) is 1. The third-order valence-corrected chi connectivity index (χ3v) is 4.55. The molecule has 0 aliphatic rings. The molecule has 1 heterocycles. The molecule has 18 heavy (non-hydrogen) atoms. The van der Waals surface area contributed by atoms with Crippen LogP contribution in [0.5, 0.6) is 0 Å². The summed E-state index contributed by atoms with van der Waals surface area (Å²) in [5.74, 6) is 0.713. The van der Waals surface area contributed by atoms with E-state index in [0.29, 0.717) is 5.75 Å². The number of nitrogens with one attached hydrogen (secondary N) is 1. The van der Waals surface area contributed by atoms with E-state index in [1.54, 1.807) is 17.6 Å². The maximum atomic E-state index is 11.0. The van der Waals surface area contributed by atoms with Crippen molar-refractivity contribution in [3.05, 3.63) is 23.2 Å². The van der Waals surface area contributed by atoms with E-state index >= 15 is 0 Å². The molecule has 0 fully saturated rings. The molecule has 2 rings (SSSR count). The van der Waals surface area contributed by atoms with Crippen LogP contribution in [0.25, 0.3) is 10.2 Å². The number of thiazole rings is 1. The Balaban J connectivity index is 2.05. The first-order valence-corrected chi connectivity index (χ1v) is 8.59. The number of hydrogen-bond donors (Lipinski definition) is 1. The van der Waals surface area contributed by atoms with Crippen molar-refractivity contribution in [2.45, 2.75) is 19.4 Å². The van der Waals surface area contributed by atoms with Gasteiger partial charge in [-0.15, -0.1) is 0 Å². The highest BCUT2D eigenvalue weighted by atomic mass is 35.5. The lowest BCUT2D eigenvalue weighted by molar-refractivity contribution is 0.678. The van der Waals surface area contributed by atoms with Crippen LogP contribution >= 0.6 is 22.9 Å². The van der Waals surface area contributed by atoms with Gasteiger partial charge in [0.1, 0.15) is 0 Å². The summed E-state index contributed by atoms with van der Waals surface area (Å²) in [5.41, 5.74) is 0.957. The van der Waals surface area contributed by atoms with Gasteiger partial charge in [-0.25, -0.2) is 4.98 Å². The molecular weight excluding hydrogens is 288 g/mol. The first-order chi connectivity index (χ1) is 8.54. The summed E-state index contributed by atoms with van der Waals surface area (Å²) < 4.78 is 12.1. The molecule has 1 aromatic carbocycles. The smallest absolute Gasteiger partial charge is 0.184 e. The van der Waals surface area contributed by atoms with Gasteiger partial charge in [0.05, 0.1) is 10.2 Å².